The molecule has 0 unspecified atom stereocenters. The first-order chi connectivity index (χ1) is 7.65. The van der Waals surface area contributed by atoms with Crippen LogP contribution in [0.5, 0.6) is 0 Å². The topological polar surface area (TPSA) is 46.1 Å². The Kier molecular flexibility index (Phi) is 3.91. The minimum absolute atomic E-state index is 0.283. The molecular weight excluding hydrogens is 290 g/mol. The lowest BCUT2D eigenvalue weighted by atomic mass is 9.93. The number of piperidine rings is 1. The highest BCUT2D eigenvalue weighted by molar-refractivity contribution is 9.11. The summed E-state index contributed by atoms with van der Waals surface area (Å²) in [4.78, 5) is 13.3. The van der Waals surface area contributed by atoms with Crippen molar-refractivity contribution < 1.29 is 4.79 Å². The van der Waals surface area contributed by atoms with Crippen LogP contribution in [0.1, 0.15) is 26.2 Å². The van der Waals surface area contributed by atoms with Crippen molar-refractivity contribution in [2.24, 2.45) is 5.92 Å². The molecule has 1 aromatic heterocycles. The Morgan fingerprint density at radius 3 is 3.06 bits per heavy atom. The summed E-state index contributed by atoms with van der Waals surface area (Å²) in [6, 6.07) is 0. The fraction of sp³-hybridized carbons (Fsp3) is 0.700. The van der Waals surface area contributed by atoms with Crippen molar-refractivity contribution in [1.29, 1.82) is 0 Å². The number of hydrogen-bond acceptors (Lipinski definition) is 5. The van der Waals surface area contributed by atoms with Crippen molar-refractivity contribution in [1.82, 2.24) is 10.2 Å². The molecular formula is C10H14BrN3OS. The number of halogens is 1. The average Bonchev–Trinajstić information content (AvgIpc) is 2.64. The van der Waals surface area contributed by atoms with Gasteiger partial charge in [-0.3, -0.25) is 0 Å². The molecule has 1 aliphatic rings. The van der Waals surface area contributed by atoms with Gasteiger partial charge in [-0.05, 0) is 41.6 Å². The van der Waals surface area contributed by atoms with Crippen molar-refractivity contribution in [2.45, 2.75) is 26.2 Å². The molecule has 4 nitrogen and oxygen atoms in total. The number of carbonyl (C=O) groups excluding carboxylic acids is 1. The standard InChI is InChI=1S/C10H14BrN3OS/c1-7(15)5-8-3-2-4-14(6-8)10-13-12-9(11)16-10/h8H,2-6H2,1H3/t8-/m1/s1. The molecule has 0 saturated carbocycles. The summed E-state index contributed by atoms with van der Waals surface area (Å²) in [5, 5.41) is 9.03. The molecule has 88 valence electrons. The monoisotopic (exact) mass is 303 g/mol. The van der Waals surface area contributed by atoms with E-state index in [0.717, 1.165) is 35.0 Å². The number of Topliss-reactive ketones (excluding diaryl/α,β-unsaturated/α-hetero) is 1. The second-order valence-electron chi connectivity index (χ2n) is 4.20. The van der Waals surface area contributed by atoms with E-state index in [0.29, 0.717) is 12.3 Å². The molecule has 0 bridgehead atoms. The smallest absolute Gasteiger partial charge is 0.209 e. The predicted molar refractivity (Wildman–Crippen MR) is 67.8 cm³/mol. The van der Waals surface area contributed by atoms with Crippen molar-refractivity contribution in [3.63, 3.8) is 0 Å². The highest BCUT2D eigenvalue weighted by Crippen LogP contribution is 2.29. The quantitative estimate of drug-likeness (QED) is 0.861. The Hall–Kier alpha value is -0.490. The largest absolute Gasteiger partial charge is 0.346 e. The zero-order valence-corrected chi connectivity index (χ0v) is 11.6. The van der Waals surface area contributed by atoms with Gasteiger partial charge < -0.3 is 9.69 Å². The third-order valence-corrected chi connectivity index (χ3v) is 4.17. The molecule has 1 atom stereocenters. The zero-order chi connectivity index (χ0) is 11.5. The number of anilines is 1. The van der Waals surface area contributed by atoms with E-state index >= 15 is 0 Å². The maximum atomic E-state index is 11.1. The van der Waals surface area contributed by atoms with E-state index in [1.165, 1.54) is 0 Å². The Morgan fingerprint density at radius 2 is 2.44 bits per heavy atom. The zero-order valence-electron chi connectivity index (χ0n) is 9.15. The van der Waals surface area contributed by atoms with Gasteiger partial charge in [0, 0.05) is 19.5 Å². The van der Waals surface area contributed by atoms with E-state index in [1.54, 1.807) is 18.3 Å². The molecule has 0 amide bonds. The van der Waals surface area contributed by atoms with Crippen LogP contribution in [-0.2, 0) is 4.79 Å². The van der Waals surface area contributed by atoms with Gasteiger partial charge in [0.25, 0.3) is 0 Å². The molecule has 1 fully saturated rings. The summed E-state index contributed by atoms with van der Waals surface area (Å²) in [5.74, 6) is 0.763. The van der Waals surface area contributed by atoms with E-state index in [4.69, 9.17) is 0 Å². The first kappa shape index (κ1) is 12.0. The van der Waals surface area contributed by atoms with Crippen molar-refractivity contribution in [3.8, 4) is 0 Å². The van der Waals surface area contributed by atoms with Gasteiger partial charge in [-0.1, -0.05) is 11.3 Å². The molecule has 0 radical (unpaired) electrons. The number of hydrogen-bond donors (Lipinski definition) is 0. The van der Waals surface area contributed by atoms with Gasteiger partial charge in [-0.25, -0.2) is 0 Å². The Labute approximate surface area is 107 Å². The number of rotatable bonds is 3. The number of ketones is 1. The van der Waals surface area contributed by atoms with Crippen molar-refractivity contribution in [3.05, 3.63) is 3.92 Å². The lowest BCUT2D eigenvalue weighted by molar-refractivity contribution is -0.117. The molecule has 0 aliphatic carbocycles. The number of nitrogens with zero attached hydrogens (tertiary/aromatic N) is 3. The maximum absolute atomic E-state index is 11.1. The van der Waals surface area contributed by atoms with E-state index in [-0.39, 0.29) is 5.78 Å². The number of aromatic nitrogens is 2. The molecule has 1 saturated heterocycles. The maximum Gasteiger partial charge on any atom is 0.209 e. The minimum Gasteiger partial charge on any atom is -0.346 e. The molecule has 1 aromatic rings. The van der Waals surface area contributed by atoms with Crippen LogP contribution >= 0.6 is 27.3 Å². The van der Waals surface area contributed by atoms with Crippen LogP contribution in [0.2, 0.25) is 0 Å². The summed E-state index contributed by atoms with van der Waals surface area (Å²) in [6.07, 6.45) is 2.97. The second-order valence-corrected chi connectivity index (χ2v) is 6.43. The van der Waals surface area contributed by atoms with Crippen LogP contribution in [0.15, 0.2) is 3.92 Å². The molecule has 6 heteroatoms. The Balaban J connectivity index is 1.99. The molecule has 0 spiro atoms. The minimum atomic E-state index is 0.283. The third kappa shape index (κ3) is 3.01. The first-order valence-corrected chi connectivity index (χ1v) is 6.99. The third-order valence-electron chi connectivity index (χ3n) is 2.76. The van der Waals surface area contributed by atoms with Gasteiger partial charge in [0.2, 0.25) is 5.13 Å². The average molecular weight is 304 g/mol. The fourth-order valence-electron chi connectivity index (χ4n) is 2.14. The van der Waals surface area contributed by atoms with Gasteiger partial charge in [0.05, 0.1) is 0 Å². The second kappa shape index (κ2) is 5.23. The van der Waals surface area contributed by atoms with Crippen LogP contribution in [0.25, 0.3) is 0 Å². The van der Waals surface area contributed by atoms with Crippen LogP contribution in [0, 0.1) is 5.92 Å². The molecule has 2 heterocycles. The molecule has 0 N–H and O–H groups in total. The molecule has 0 aromatic carbocycles. The SMILES string of the molecule is CC(=O)C[C@H]1CCCN(c2nnc(Br)s2)C1. The van der Waals surface area contributed by atoms with Gasteiger partial charge in [0.15, 0.2) is 3.92 Å². The highest BCUT2D eigenvalue weighted by atomic mass is 79.9. The van der Waals surface area contributed by atoms with Crippen molar-refractivity contribution in [2.75, 3.05) is 18.0 Å². The number of carbonyl (C=O) groups is 1. The molecule has 2 rings (SSSR count). The van der Waals surface area contributed by atoms with Gasteiger partial charge >= 0.3 is 0 Å². The lowest BCUT2D eigenvalue weighted by Crippen LogP contribution is -2.36. The van der Waals surface area contributed by atoms with Crippen LogP contribution in [0.4, 0.5) is 5.13 Å². The Morgan fingerprint density at radius 1 is 1.62 bits per heavy atom. The summed E-state index contributed by atoms with van der Waals surface area (Å²) in [7, 11) is 0. The van der Waals surface area contributed by atoms with E-state index < -0.39 is 0 Å². The fourth-order valence-corrected chi connectivity index (χ4v) is 3.26. The summed E-state index contributed by atoms with van der Waals surface area (Å²) in [5.41, 5.74) is 0. The molecule has 16 heavy (non-hydrogen) atoms. The van der Waals surface area contributed by atoms with E-state index in [2.05, 4.69) is 31.0 Å². The van der Waals surface area contributed by atoms with E-state index in [9.17, 15) is 4.79 Å². The van der Waals surface area contributed by atoms with E-state index in [1.807, 2.05) is 0 Å². The Bertz CT molecular complexity index is 382. The predicted octanol–water partition coefficient (Wildman–Crippen LogP) is 2.50. The van der Waals surface area contributed by atoms with Gasteiger partial charge in [-0.15, -0.1) is 10.2 Å². The van der Waals surface area contributed by atoms with Crippen LogP contribution in [0.3, 0.4) is 0 Å². The van der Waals surface area contributed by atoms with Crippen LogP contribution < -0.4 is 4.90 Å². The highest BCUT2D eigenvalue weighted by Gasteiger charge is 2.23. The lowest BCUT2D eigenvalue weighted by Gasteiger charge is -2.31. The summed E-state index contributed by atoms with van der Waals surface area (Å²) in [6.45, 7) is 3.62. The summed E-state index contributed by atoms with van der Waals surface area (Å²) < 4.78 is 0.816. The first-order valence-electron chi connectivity index (χ1n) is 5.38. The normalized spacial score (nSPS) is 21.1. The van der Waals surface area contributed by atoms with Gasteiger partial charge in [-0.2, -0.15) is 0 Å². The molecule has 1 aliphatic heterocycles. The summed E-state index contributed by atoms with van der Waals surface area (Å²) >= 11 is 4.87. The van der Waals surface area contributed by atoms with Crippen LogP contribution in [-0.4, -0.2) is 29.1 Å². The van der Waals surface area contributed by atoms with Crippen molar-refractivity contribution >= 4 is 38.2 Å². The van der Waals surface area contributed by atoms with Gasteiger partial charge in [0.1, 0.15) is 5.78 Å².